The van der Waals surface area contributed by atoms with Crippen LogP contribution < -0.4 is 11.2 Å². The van der Waals surface area contributed by atoms with Crippen LogP contribution in [0.25, 0.3) is 0 Å². The molecule has 2 amide bonds. The van der Waals surface area contributed by atoms with Crippen LogP contribution >= 0.6 is 0 Å². The van der Waals surface area contributed by atoms with Crippen molar-refractivity contribution in [1.82, 2.24) is 5.43 Å². The Kier molecular flexibility index (Phi) is 4.87. The first-order valence-electron chi connectivity index (χ1n) is 5.55. The predicted octanol–water partition coefficient (Wildman–Crippen LogP) is 2.31. The highest BCUT2D eigenvalue weighted by Crippen LogP contribution is 2.20. The molecule has 0 fully saturated rings. The maximum absolute atomic E-state index is 10.6. The molecule has 1 rings (SSSR count). The second-order valence-electron chi connectivity index (χ2n) is 3.76. The summed E-state index contributed by atoms with van der Waals surface area (Å²) < 4.78 is 0. The smallest absolute Gasteiger partial charge is 0.332 e. The van der Waals surface area contributed by atoms with Crippen molar-refractivity contribution in [2.75, 3.05) is 0 Å². The molecular formula is C11H19N3O. The zero-order valence-corrected chi connectivity index (χ0v) is 9.25. The monoisotopic (exact) mass is 209 g/mol. The molecule has 0 saturated heterocycles. The lowest BCUT2D eigenvalue weighted by Gasteiger charge is -2.14. The van der Waals surface area contributed by atoms with E-state index in [1.807, 2.05) is 0 Å². The third-order valence-corrected chi connectivity index (χ3v) is 2.45. The number of nitrogens with two attached hydrogens (primary N) is 1. The van der Waals surface area contributed by atoms with E-state index in [0.717, 1.165) is 31.4 Å². The van der Waals surface area contributed by atoms with Crippen molar-refractivity contribution >= 4 is 11.7 Å². The van der Waals surface area contributed by atoms with Crippen LogP contribution in [0.1, 0.15) is 45.4 Å². The van der Waals surface area contributed by atoms with Gasteiger partial charge in [0.15, 0.2) is 0 Å². The molecule has 4 nitrogen and oxygen atoms in total. The average Bonchev–Trinajstić information content (AvgIpc) is 2.25. The van der Waals surface area contributed by atoms with Crippen LogP contribution in [-0.2, 0) is 0 Å². The van der Waals surface area contributed by atoms with Crippen molar-refractivity contribution in [3.8, 4) is 0 Å². The average molecular weight is 209 g/mol. The lowest BCUT2D eigenvalue weighted by atomic mass is 9.94. The minimum absolute atomic E-state index is 0.597. The van der Waals surface area contributed by atoms with Gasteiger partial charge in [0.25, 0.3) is 0 Å². The van der Waals surface area contributed by atoms with E-state index in [1.54, 1.807) is 0 Å². The van der Waals surface area contributed by atoms with E-state index in [0.29, 0.717) is 0 Å². The SMILES string of the molecule is CCCC(=NNC(N)=O)C1=CCCCC1. The number of primary amides is 1. The summed E-state index contributed by atoms with van der Waals surface area (Å²) in [6, 6.07) is -0.597. The molecule has 0 aromatic carbocycles. The minimum Gasteiger partial charge on any atom is -0.350 e. The number of nitrogens with zero attached hydrogens (tertiary/aromatic N) is 1. The van der Waals surface area contributed by atoms with E-state index in [-0.39, 0.29) is 0 Å². The molecule has 3 N–H and O–H groups in total. The Hall–Kier alpha value is -1.32. The number of hydrogen-bond donors (Lipinski definition) is 2. The molecule has 0 aromatic heterocycles. The van der Waals surface area contributed by atoms with Gasteiger partial charge >= 0.3 is 6.03 Å². The Labute approximate surface area is 90.6 Å². The number of nitrogens with one attached hydrogen (secondary N) is 1. The van der Waals surface area contributed by atoms with Crippen LogP contribution in [0.15, 0.2) is 16.8 Å². The fourth-order valence-electron chi connectivity index (χ4n) is 1.75. The van der Waals surface area contributed by atoms with E-state index < -0.39 is 6.03 Å². The summed E-state index contributed by atoms with van der Waals surface area (Å²) in [5.74, 6) is 0. The highest BCUT2D eigenvalue weighted by molar-refractivity contribution is 6.00. The standard InChI is InChI=1S/C11H19N3O/c1-2-6-10(13-14-11(12)15)9-7-4-3-5-8-9/h7H,2-6,8H2,1H3,(H3,12,14,15). The van der Waals surface area contributed by atoms with Crippen LogP contribution in [0.5, 0.6) is 0 Å². The van der Waals surface area contributed by atoms with Crippen LogP contribution in [-0.4, -0.2) is 11.7 Å². The van der Waals surface area contributed by atoms with Gasteiger partial charge in [0.2, 0.25) is 0 Å². The van der Waals surface area contributed by atoms with E-state index in [4.69, 9.17) is 5.73 Å². The Morgan fingerprint density at radius 2 is 2.40 bits per heavy atom. The second kappa shape index (κ2) is 6.22. The molecule has 84 valence electrons. The second-order valence-corrected chi connectivity index (χ2v) is 3.76. The Morgan fingerprint density at radius 1 is 1.60 bits per heavy atom. The molecule has 0 aliphatic heterocycles. The number of carbonyl (C=O) groups excluding carboxylic acids is 1. The normalized spacial score (nSPS) is 17.1. The summed E-state index contributed by atoms with van der Waals surface area (Å²) in [6.45, 7) is 2.10. The Morgan fingerprint density at radius 3 is 2.93 bits per heavy atom. The minimum atomic E-state index is -0.597. The molecule has 0 heterocycles. The zero-order valence-electron chi connectivity index (χ0n) is 9.25. The summed E-state index contributed by atoms with van der Waals surface area (Å²) >= 11 is 0. The summed E-state index contributed by atoms with van der Waals surface area (Å²) in [5.41, 5.74) is 9.56. The van der Waals surface area contributed by atoms with Gasteiger partial charge in [-0.05, 0) is 37.7 Å². The number of amides is 2. The highest BCUT2D eigenvalue weighted by Gasteiger charge is 2.10. The molecule has 0 saturated carbocycles. The van der Waals surface area contributed by atoms with Gasteiger partial charge in [-0.2, -0.15) is 5.10 Å². The predicted molar refractivity (Wildman–Crippen MR) is 61.6 cm³/mol. The van der Waals surface area contributed by atoms with Crippen molar-refractivity contribution in [1.29, 1.82) is 0 Å². The molecule has 1 aliphatic carbocycles. The topological polar surface area (TPSA) is 67.5 Å². The molecule has 15 heavy (non-hydrogen) atoms. The van der Waals surface area contributed by atoms with Crippen molar-refractivity contribution in [3.63, 3.8) is 0 Å². The maximum atomic E-state index is 10.6. The molecule has 1 aliphatic rings. The number of carbonyl (C=O) groups is 1. The zero-order chi connectivity index (χ0) is 11.1. The third kappa shape index (κ3) is 4.14. The summed E-state index contributed by atoms with van der Waals surface area (Å²) in [6.07, 6.45) is 8.80. The van der Waals surface area contributed by atoms with Crippen LogP contribution in [0.4, 0.5) is 4.79 Å². The summed E-state index contributed by atoms with van der Waals surface area (Å²) in [5, 5.41) is 4.06. The van der Waals surface area contributed by atoms with Crippen molar-refractivity contribution in [2.24, 2.45) is 10.8 Å². The van der Waals surface area contributed by atoms with Gasteiger partial charge in [-0.3, -0.25) is 0 Å². The van der Waals surface area contributed by atoms with Crippen molar-refractivity contribution < 1.29 is 4.79 Å². The van der Waals surface area contributed by atoms with Gasteiger partial charge in [-0.15, -0.1) is 0 Å². The van der Waals surface area contributed by atoms with Gasteiger partial charge in [0.05, 0.1) is 5.71 Å². The molecule has 0 radical (unpaired) electrons. The van der Waals surface area contributed by atoms with Gasteiger partial charge in [0, 0.05) is 0 Å². The molecule has 0 aromatic rings. The van der Waals surface area contributed by atoms with Crippen molar-refractivity contribution in [3.05, 3.63) is 11.6 Å². The number of hydrogen-bond acceptors (Lipinski definition) is 2. The maximum Gasteiger partial charge on any atom is 0.332 e. The lowest BCUT2D eigenvalue weighted by Crippen LogP contribution is -2.26. The number of allylic oxidation sites excluding steroid dienone is 2. The van der Waals surface area contributed by atoms with E-state index in [1.165, 1.54) is 18.4 Å². The number of urea groups is 1. The Bertz CT molecular complexity index is 282. The van der Waals surface area contributed by atoms with E-state index in [2.05, 4.69) is 23.5 Å². The first-order valence-corrected chi connectivity index (χ1v) is 5.55. The third-order valence-electron chi connectivity index (χ3n) is 2.45. The molecule has 0 bridgehead atoms. The molecular weight excluding hydrogens is 190 g/mol. The van der Waals surface area contributed by atoms with E-state index >= 15 is 0 Å². The summed E-state index contributed by atoms with van der Waals surface area (Å²) in [7, 11) is 0. The Balaban J connectivity index is 2.67. The first-order chi connectivity index (χ1) is 7.24. The van der Waals surface area contributed by atoms with Crippen molar-refractivity contribution in [2.45, 2.75) is 45.4 Å². The summed E-state index contributed by atoms with van der Waals surface area (Å²) in [4.78, 5) is 10.6. The number of hydrazone groups is 1. The molecule has 0 atom stereocenters. The van der Waals surface area contributed by atoms with Gasteiger partial charge in [0.1, 0.15) is 0 Å². The van der Waals surface area contributed by atoms with Gasteiger partial charge in [-0.25, -0.2) is 10.2 Å². The first kappa shape index (κ1) is 11.8. The quantitative estimate of drug-likeness (QED) is 0.541. The van der Waals surface area contributed by atoms with Gasteiger partial charge in [-0.1, -0.05) is 19.4 Å². The fraction of sp³-hybridized carbons (Fsp3) is 0.636. The molecule has 0 spiro atoms. The largest absolute Gasteiger partial charge is 0.350 e. The fourth-order valence-corrected chi connectivity index (χ4v) is 1.75. The highest BCUT2D eigenvalue weighted by atomic mass is 16.2. The van der Waals surface area contributed by atoms with E-state index in [9.17, 15) is 4.79 Å². The lowest BCUT2D eigenvalue weighted by molar-refractivity contribution is 0.249. The van der Waals surface area contributed by atoms with Crippen LogP contribution in [0, 0.1) is 0 Å². The molecule has 4 heteroatoms. The van der Waals surface area contributed by atoms with Gasteiger partial charge < -0.3 is 5.73 Å². The van der Waals surface area contributed by atoms with Crippen LogP contribution in [0.2, 0.25) is 0 Å². The number of rotatable bonds is 4. The molecule has 0 unspecified atom stereocenters. The van der Waals surface area contributed by atoms with Crippen LogP contribution in [0.3, 0.4) is 0 Å².